The largest absolute Gasteiger partial charge is 0.497 e. The second-order valence-electron chi connectivity index (χ2n) is 8.37. The van der Waals surface area contributed by atoms with Crippen molar-refractivity contribution in [2.45, 2.75) is 31.8 Å². The number of hydrogen-bond donors (Lipinski definition) is 2. The maximum atomic E-state index is 13.0. The Kier molecular flexibility index (Phi) is 6.54. The number of carbonyl (C=O) groups excluding carboxylic acids is 2. The molecule has 0 unspecified atom stereocenters. The molecule has 33 heavy (non-hydrogen) atoms. The summed E-state index contributed by atoms with van der Waals surface area (Å²) in [6.45, 7) is 4.31. The Bertz CT molecular complexity index is 1150. The lowest BCUT2D eigenvalue weighted by Crippen LogP contribution is -2.42. The van der Waals surface area contributed by atoms with Crippen LogP contribution < -0.4 is 15.5 Å². The van der Waals surface area contributed by atoms with Crippen LogP contribution in [0, 0.1) is 0 Å². The third-order valence-electron chi connectivity index (χ3n) is 5.81. The quantitative estimate of drug-likeness (QED) is 0.570. The molecule has 168 valence electrons. The van der Waals surface area contributed by atoms with Crippen LogP contribution in [0.1, 0.15) is 52.9 Å². The van der Waals surface area contributed by atoms with Gasteiger partial charge in [0.1, 0.15) is 5.75 Å². The van der Waals surface area contributed by atoms with Crippen LogP contribution in [0.15, 0.2) is 78.9 Å². The minimum Gasteiger partial charge on any atom is -0.497 e. The van der Waals surface area contributed by atoms with Gasteiger partial charge < -0.3 is 10.1 Å². The molecule has 1 aliphatic heterocycles. The second kappa shape index (κ2) is 9.69. The Morgan fingerprint density at radius 1 is 1.00 bits per heavy atom. The molecule has 1 heterocycles. The number of carbonyl (C=O) groups is 2. The monoisotopic (exact) mass is 442 g/mol. The normalized spacial score (nSPS) is 18.9. The van der Waals surface area contributed by atoms with Gasteiger partial charge in [0.15, 0.2) is 6.04 Å². The first-order valence-corrected chi connectivity index (χ1v) is 11.0. The molecule has 1 fully saturated rings. The van der Waals surface area contributed by atoms with Crippen LogP contribution >= 0.6 is 0 Å². The fourth-order valence-corrected chi connectivity index (χ4v) is 3.93. The first-order chi connectivity index (χ1) is 16.0. The Morgan fingerprint density at radius 3 is 2.27 bits per heavy atom. The standard InChI is InChI=1S/C27H27N3O3/c1-18(2)20-11-9-19(10-12-20)17-30-25(21-7-5-4-6-8-21)24(27(32)29-30)28-26(31)22-13-15-23(33-3)16-14-22/h4-18,24-25H,1-3H3,(H-,28,29,31,32)/p+1/b30-17-/t24-,25-/m0/s1. The summed E-state index contributed by atoms with van der Waals surface area (Å²) in [5.41, 5.74) is 6.51. The van der Waals surface area contributed by atoms with Crippen LogP contribution in [0.5, 0.6) is 5.75 Å². The average molecular weight is 443 g/mol. The van der Waals surface area contributed by atoms with Gasteiger partial charge in [0.05, 0.1) is 7.11 Å². The molecule has 3 aromatic carbocycles. The molecule has 0 saturated carbocycles. The lowest BCUT2D eigenvalue weighted by Gasteiger charge is -2.15. The number of hydrogen-bond acceptors (Lipinski definition) is 3. The summed E-state index contributed by atoms with van der Waals surface area (Å²) in [4.78, 5) is 25.9. The maximum Gasteiger partial charge on any atom is 0.304 e. The summed E-state index contributed by atoms with van der Waals surface area (Å²) in [6, 6.07) is 23.6. The highest BCUT2D eigenvalue weighted by Gasteiger charge is 2.47. The van der Waals surface area contributed by atoms with Gasteiger partial charge in [0.2, 0.25) is 12.3 Å². The van der Waals surface area contributed by atoms with E-state index in [0.717, 1.165) is 11.1 Å². The Balaban J connectivity index is 1.64. The van der Waals surface area contributed by atoms with E-state index in [9.17, 15) is 9.59 Å². The molecule has 0 aromatic heterocycles. The molecule has 0 spiro atoms. The summed E-state index contributed by atoms with van der Waals surface area (Å²) in [7, 11) is 1.57. The predicted octanol–water partition coefficient (Wildman–Crippen LogP) is 3.83. The summed E-state index contributed by atoms with van der Waals surface area (Å²) >= 11 is 0. The summed E-state index contributed by atoms with van der Waals surface area (Å²) in [6.07, 6.45) is 1.90. The molecule has 6 heteroatoms. The van der Waals surface area contributed by atoms with Gasteiger partial charge in [-0.25, -0.2) is 0 Å². The summed E-state index contributed by atoms with van der Waals surface area (Å²) in [5.74, 6) is 0.527. The van der Waals surface area contributed by atoms with Crippen molar-refractivity contribution in [3.63, 3.8) is 0 Å². The fraction of sp³-hybridized carbons (Fsp3) is 0.222. The van der Waals surface area contributed by atoms with E-state index in [1.165, 1.54) is 5.56 Å². The first-order valence-electron chi connectivity index (χ1n) is 11.0. The molecule has 6 nitrogen and oxygen atoms in total. The molecule has 1 aliphatic rings. The van der Waals surface area contributed by atoms with Gasteiger partial charge in [-0.3, -0.25) is 9.59 Å². The smallest absolute Gasteiger partial charge is 0.304 e. The number of nitrogens with one attached hydrogen (secondary N) is 2. The van der Waals surface area contributed by atoms with Gasteiger partial charge in [0, 0.05) is 16.7 Å². The molecular weight excluding hydrogens is 414 g/mol. The molecule has 3 aromatic rings. The fourth-order valence-electron chi connectivity index (χ4n) is 3.93. The van der Waals surface area contributed by atoms with Crippen molar-refractivity contribution >= 4 is 18.0 Å². The van der Waals surface area contributed by atoms with Crippen molar-refractivity contribution in [3.05, 3.63) is 101 Å². The Morgan fingerprint density at radius 2 is 1.67 bits per heavy atom. The molecule has 0 bridgehead atoms. The van der Waals surface area contributed by atoms with Crippen molar-refractivity contribution in [2.75, 3.05) is 7.11 Å². The highest BCUT2D eigenvalue weighted by atomic mass is 16.5. The van der Waals surface area contributed by atoms with E-state index in [4.69, 9.17) is 4.74 Å². The number of hydrazine groups is 1. The molecule has 0 aliphatic carbocycles. The van der Waals surface area contributed by atoms with E-state index < -0.39 is 12.1 Å². The zero-order valence-electron chi connectivity index (χ0n) is 19.0. The molecule has 2 N–H and O–H groups in total. The summed E-state index contributed by atoms with van der Waals surface area (Å²) < 4.78 is 6.94. The number of hydrazone groups is 1. The van der Waals surface area contributed by atoms with E-state index >= 15 is 0 Å². The van der Waals surface area contributed by atoms with Crippen molar-refractivity contribution in [1.29, 1.82) is 0 Å². The van der Waals surface area contributed by atoms with Gasteiger partial charge in [-0.15, -0.1) is 10.1 Å². The predicted molar refractivity (Wildman–Crippen MR) is 128 cm³/mol. The highest BCUT2D eigenvalue weighted by Crippen LogP contribution is 2.26. The maximum absolute atomic E-state index is 13.0. The van der Waals surface area contributed by atoms with E-state index in [1.54, 1.807) is 36.1 Å². The average Bonchev–Trinajstić information content (AvgIpc) is 3.14. The zero-order valence-corrected chi connectivity index (χ0v) is 19.0. The number of nitrogens with zero attached hydrogens (tertiary/aromatic N) is 1. The minimum atomic E-state index is -0.756. The Hall–Kier alpha value is -3.93. The SMILES string of the molecule is COc1ccc(C(=O)N[C@@H]2C(=O)N/[N+](=C\c3ccc(C(C)C)cc3)[C@H]2c2ccccc2)cc1. The van der Waals surface area contributed by atoms with Crippen molar-refractivity contribution in [2.24, 2.45) is 0 Å². The number of benzene rings is 3. The van der Waals surface area contributed by atoms with Crippen LogP contribution in [-0.4, -0.2) is 35.9 Å². The van der Waals surface area contributed by atoms with Gasteiger partial charge in [0.25, 0.3) is 5.91 Å². The third kappa shape index (κ3) is 4.95. The van der Waals surface area contributed by atoms with Crippen LogP contribution in [-0.2, 0) is 4.79 Å². The molecule has 2 atom stereocenters. The van der Waals surface area contributed by atoms with E-state index in [2.05, 4.69) is 36.7 Å². The number of ether oxygens (including phenoxy) is 1. The third-order valence-corrected chi connectivity index (χ3v) is 5.81. The van der Waals surface area contributed by atoms with Gasteiger partial charge >= 0.3 is 5.91 Å². The van der Waals surface area contributed by atoms with Gasteiger partial charge in [-0.05, 0) is 47.9 Å². The number of rotatable bonds is 6. The molecular formula is C27H28N3O3+. The van der Waals surface area contributed by atoms with E-state index in [-0.39, 0.29) is 11.8 Å². The van der Waals surface area contributed by atoms with Gasteiger partial charge in [-0.2, -0.15) is 0 Å². The topological polar surface area (TPSA) is 70.4 Å². The molecule has 4 rings (SSSR count). The highest BCUT2D eigenvalue weighted by molar-refractivity contribution is 5.98. The van der Waals surface area contributed by atoms with Crippen LogP contribution in [0.3, 0.4) is 0 Å². The molecule has 2 amide bonds. The lowest BCUT2D eigenvalue weighted by molar-refractivity contribution is -0.596. The van der Waals surface area contributed by atoms with E-state index in [0.29, 0.717) is 17.2 Å². The van der Waals surface area contributed by atoms with Crippen LogP contribution in [0.2, 0.25) is 0 Å². The number of methoxy groups -OCH3 is 1. The first kappa shape index (κ1) is 22.3. The number of amides is 2. The molecule has 0 radical (unpaired) electrons. The van der Waals surface area contributed by atoms with Crippen molar-refractivity contribution in [3.8, 4) is 5.75 Å². The minimum absolute atomic E-state index is 0.263. The van der Waals surface area contributed by atoms with Crippen molar-refractivity contribution in [1.82, 2.24) is 10.7 Å². The zero-order chi connectivity index (χ0) is 23.4. The summed E-state index contributed by atoms with van der Waals surface area (Å²) in [5, 5.41) is 2.92. The Labute approximate surface area is 193 Å². The van der Waals surface area contributed by atoms with Crippen LogP contribution in [0.25, 0.3) is 0 Å². The van der Waals surface area contributed by atoms with E-state index in [1.807, 2.05) is 48.7 Å². The molecule has 1 saturated heterocycles. The van der Waals surface area contributed by atoms with Crippen molar-refractivity contribution < 1.29 is 19.0 Å². The second-order valence-corrected chi connectivity index (χ2v) is 8.37. The lowest BCUT2D eigenvalue weighted by atomic mass is 9.99. The van der Waals surface area contributed by atoms with Crippen LogP contribution in [0.4, 0.5) is 0 Å². The van der Waals surface area contributed by atoms with Gasteiger partial charge in [-0.1, -0.05) is 56.3 Å².